The van der Waals surface area contributed by atoms with Gasteiger partial charge in [-0.3, -0.25) is 0 Å². The van der Waals surface area contributed by atoms with Crippen LogP contribution in [-0.2, 0) is 6.42 Å². The molecule has 0 spiro atoms. The molecule has 0 N–H and O–H groups in total. The number of benzene rings is 17. The average Bonchev–Trinajstić information content (AvgIpc) is 0.709. The van der Waals surface area contributed by atoms with Crippen molar-refractivity contribution in [2.24, 2.45) is 5.41 Å². The second-order valence-corrected chi connectivity index (χ2v) is 31.4. The third-order valence-electron chi connectivity index (χ3n) is 23.2. The van der Waals surface area contributed by atoms with Crippen molar-refractivity contribution in [2.75, 3.05) is 9.80 Å². The van der Waals surface area contributed by atoms with Gasteiger partial charge in [0.2, 0.25) is 0 Å². The van der Waals surface area contributed by atoms with Gasteiger partial charge in [-0.2, -0.15) is 0 Å². The zero-order valence-electron chi connectivity index (χ0n) is 62.7. The molecule has 2 aliphatic rings. The first-order valence-electron chi connectivity index (χ1n) is 39.1. The Hall–Kier alpha value is -14.0. The molecule has 5 heteroatoms. The topological polar surface area (TPSA) is 16.3 Å². The fourth-order valence-corrected chi connectivity index (χ4v) is 18.2. The van der Waals surface area contributed by atoms with E-state index in [1.54, 1.807) is 0 Å². The molecule has 0 fully saturated rings. The second kappa shape index (κ2) is 27.0. The van der Waals surface area contributed by atoms with Gasteiger partial charge >= 0.3 is 0 Å². The number of aromatic nitrogens is 2. The van der Waals surface area contributed by atoms with Crippen LogP contribution >= 0.6 is 0 Å². The molecule has 17 aromatic carbocycles. The summed E-state index contributed by atoms with van der Waals surface area (Å²) in [5, 5.41) is 4.80. The fraction of sp³-hybridized carbons (Fsp3) is 0.0467. The van der Waals surface area contributed by atoms with Crippen LogP contribution in [0.2, 0.25) is 0 Å². The lowest BCUT2D eigenvalue weighted by molar-refractivity contribution is 0.411. The highest BCUT2D eigenvalue weighted by Crippen LogP contribution is 2.52. The van der Waals surface area contributed by atoms with Gasteiger partial charge < -0.3 is 18.9 Å². The molecule has 0 atom stereocenters. The quantitative estimate of drug-likeness (QED) is 0.107. The first kappa shape index (κ1) is 66.2. The number of fused-ring (bicyclic) bond motifs is 10. The maximum atomic E-state index is 2.69. The Morgan fingerprint density at radius 1 is 0.223 bits per heavy atom. The molecule has 0 saturated carbocycles. The standard InChI is InChI=1S/C107H77BN4/c1-107(2,3)70-71-60-104-106-105(61-71)112(101-67-85(77-38-22-9-23-39-77)45-53-89(101)79-42-26-11-27-43-79)103-69-87(110-98-58-48-82(74-32-16-6-17-33-74)64-92(98)93-65-83(49-59-99(93)110)75-34-18-7-19-35-75)51-55-95(103)108(106)94-54-50-86(68-102(94)111(104)100-66-84(76-36-20-8-21-37-76)44-52-88(100)78-40-24-10-25-41-78)109-96-56-46-80(72-28-12-4-13-29-72)62-90(96)91-63-81(47-57-97(91)109)73-30-14-5-15-31-73/h4-69H,70H2,1-3H3. The van der Waals surface area contributed by atoms with Gasteiger partial charge in [-0.25, -0.2) is 0 Å². The van der Waals surface area contributed by atoms with E-state index in [4.69, 9.17) is 0 Å². The largest absolute Gasteiger partial charge is 0.311 e. The molecule has 0 saturated heterocycles. The molecule has 528 valence electrons. The maximum Gasteiger partial charge on any atom is 0.252 e. The minimum absolute atomic E-state index is 0.102. The molecule has 21 rings (SSSR count). The van der Waals surface area contributed by atoms with Gasteiger partial charge in [0.25, 0.3) is 6.71 Å². The van der Waals surface area contributed by atoms with Crippen molar-refractivity contribution in [2.45, 2.75) is 27.2 Å². The molecule has 0 amide bonds. The van der Waals surface area contributed by atoms with Crippen molar-refractivity contribution in [1.82, 2.24) is 9.13 Å². The van der Waals surface area contributed by atoms with Gasteiger partial charge in [0.05, 0.1) is 33.4 Å². The Morgan fingerprint density at radius 2 is 0.491 bits per heavy atom. The summed E-state index contributed by atoms with van der Waals surface area (Å²) in [5.41, 5.74) is 37.0. The van der Waals surface area contributed by atoms with Crippen molar-refractivity contribution in [3.8, 4) is 100 Å². The van der Waals surface area contributed by atoms with E-state index in [1.165, 1.54) is 88.0 Å². The van der Waals surface area contributed by atoms with Crippen molar-refractivity contribution in [3.63, 3.8) is 0 Å². The van der Waals surface area contributed by atoms with Gasteiger partial charge in [0.15, 0.2) is 0 Å². The SMILES string of the molecule is CC(C)(C)Cc1cc2c3c(c1)N(c1cc(-c4ccccc4)ccc1-c1ccccc1)c1cc(-n4c5ccc(-c6ccccc6)cc5c5cc(-c6ccccc6)ccc54)ccc1B3c1ccc(-n3c4ccc(-c5ccccc5)cc4c4cc(-c5ccccc5)ccc43)cc1N2c1cc(-c2ccccc2)ccc1-c1ccccc1. The Morgan fingerprint density at radius 3 is 0.777 bits per heavy atom. The van der Waals surface area contributed by atoms with E-state index in [-0.39, 0.29) is 12.1 Å². The summed E-state index contributed by atoms with van der Waals surface area (Å²) in [7, 11) is 0. The third-order valence-corrected chi connectivity index (χ3v) is 23.2. The zero-order chi connectivity index (χ0) is 74.5. The predicted octanol–water partition coefficient (Wildman–Crippen LogP) is 26.9. The molecule has 4 nitrogen and oxygen atoms in total. The lowest BCUT2D eigenvalue weighted by Gasteiger charge is -2.45. The van der Waals surface area contributed by atoms with Gasteiger partial charge in [0.1, 0.15) is 0 Å². The molecule has 19 aromatic rings. The Kier molecular flexibility index (Phi) is 16.0. The highest BCUT2D eigenvalue weighted by atomic mass is 15.2. The van der Waals surface area contributed by atoms with Crippen LogP contribution in [0.25, 0.3) is 144 Å². The monoisotopic (exact) mass is 1430 g/mol. The number of hydrogen-bond donors (Lipinski definition) is 0. The van der Waals surface area contributed by atoms with Crippen LogP contribution < -0.4 is 26.2 Å². The average molecular weight is 1430 g/mol. The van der Waals surface area contributed by atoms with Crippen molar-refractivity contribution >= 4 is 101 Å². The van der Waals surface area contributed by atoms with Crippen molar-refractivity contribution in [3.05, 3.63) is 406 Å². The Bertz CT molecular complexity index is 6250. The summed E-state index contributed by atoms with van der Waals surface area (Å²) >= 11 is 0. The number of anilines is 6. The number of nitrogens with zero attached hydrogens (tertiary/aromatic N) is 4. The molecule has 0 unspecified atom stereocenters. The van der Waals surface area contributed by atoms with E-state index in [9.17, 15) is 0 Å². The Balaban J connectivity index is 0.882. The first-order valence-corrected chi connectivity index (χ1v) is 39.1. The third kappa shape index (κ3) is 11.5. The van der Waals surface area contributed by atoms with Crippen LogP contribution in [0, 0.1) is 5.41 Å². The molecule has 0 aliphatic carbocycles. The predicted molar refractivity (Wildman–Crippen MR) is 476 cm³/mol. The number of rotatable bonds is 13. The van der Waals surface area contributed by atoms with E-state index >= 15 is 0 Å². The van der Waals surface area contributed by atoms with Crippen LogP contribution in [0.1, 0.15) is 26.3 Å². The molecule has 4 heterocycles. The molecule has 112 heavy (non-hydrogen) atoms. The van der Waals surface area contributed by atoms with Gasteiger partial charge in [-0.1, -0.05) is 324 Å². The lowest BCUT2D eigenvalue weighted by atomic mass is 9.33. The van der Waals surface area contributed by atoms with E-state index in [0.29, 0.717) is 0 Å². The van der Waals surface area contributed by atoms with E-state index in [1.807, 2.05) is 0 Å². The molecular weight excluding hydrogens is 1350 g/mol. The minimum atomic E-state index is -0.246. The molecule has 2 aromatic heterocycles. The molecular formula is C107H77BN4. The van der Waals surface area contributed by atoms with Crippen molar-refractivity contribution < 1.29 is 0 Å². The van der Waals surface area contributed by atoms with E-state index < -0.39 is 0 Å². The summed E-state index contributed by atoms with van der Waals surface area (Å²) in [6, 6.07) is 150. The van der Waals surface area contributed by atoms with Crippen LogP contribution in [0.3, 0.4) is 0 Å². The summed E-state index contributed by atoms with van der Waals surface area (Å²) in [4.78, 5) is 5.37. The zero-order valence-corrected chi connectivity index (χ0v) is 62.7. The number of hydrogen-bond acceptors (Lipinski definition) is 2. The summed E-state index contributed by atoms with van der Waals surface area (Å²) in [6.45, 7) is 6.93. The van der Waals surface area contributed by atoms with Crippen LogP contribution in [0.5, 0.6) is 0 Å². The normalized spacial score (nSPS) is 12.4. The van der Waals surface area contributed by atoms with E-state index in [0.717, 1.165) is 118 Å². The lowest BCUT2D eigenvalue weighted by Crippen LogP contribution is -2.61. The van der Waals surface area contributed by atoms with Crippen LogP contribution in [0.4, 0.5) is 34.1 Å². The smallest absolute Gasteiger partial charge is 0.252 e. The first-order chi connectivity index (χ1) is 55.2. The van der Waals surface area contributed by atoms with Gasteiger partial charge in [-0.15, -0.1) is 0 Å². The highest BCUT2D eigenvalue weighted by molar-refractivity contribution is 7.00. The minimum Gasteiger partial charge on any atom is -0.311 e. The van der Waals surface area contributed by atoms with Gasteiger partial charge in [0, 0.05) is 66.8 Å². The van der Waals surface area contributed by atoms with Crippen LogP contribution in [0.15, 0.2) is 400 Å². The molecule has 2 aliphatic heterocycles. The van der Waals surface area contributed by atoms with E-state index in [2.05, 4.69) is 440 Å². The van der Waals surface area contributed by atoms with Crippen molar-refractivity contribution in [1.29, 1.82) is 0 Å². The van der Waals surface area contributed by atoms with Crippen LogP contribution in [-0.4, -0.2) is 15.8 Å². The fourth-order valence-electron chi connectivity index (χ4n) is 18.2. The summed E-state index contributed by atoms with van der Waals surface area (Å²) in [6.07, 6.45) is 0.819. The highest BCUT2D eigenvalue weighted by Gasteiger charge is 2.45. The molecule has 0 radical (unpaired) electrons. The Labute approximate surface area is 654 Å². The van der Waals surface area contributed by atoms with Gasteiger partial charge in [-0.05, 0) is 209 Å². The molecule has 0 bridgehead atoms. The summed E-state index contributed by atoms with van der Waals surface area (Å²) in [5.74, 6) is 0. The maximum absolute atomic E-state index is 2.69. The summed E-state index contributed by atoms with van der Waals surface area (Å²) < 4.78 is 5.07. The second-order valence-electron chi connectivity index (χ2n) is 31.4.